The first-order valence-electron chi connectivity index (χ1n) is 8.09. The Morgan fingerprint density at radius 3 is 2.32 bits per heavy atom. The van der Waals surface area contributed by atoms with Crippen LogP contribution in [0.5, 0.6) is 0 Å². The van der Waals surface area contributed by atoms with Gasteiger partial charge in [0.2, 0.25) is 5.91 Å². The molecule has 2 saturated heterocycles. The highest BCUT2D eigenvalue weighted by atomic mass is 16.5. The van der Waals surface area contributed by atoms with E-state index in [1.165, 1.54) is 33.0 Å². The molecule has 2 aliphatic rings. The molecule has 2 rings (SSSR count). The number of carbonyl (C=O) groups is 2. The van der Waals surface area contributed by atoms with Gasteiger partial charge in [0, 0.05) is 32.7 Å². The second-order valence-corrected chi connectivity index (χ2v) is 6.27. The van der Waals surface area contributed by atoms with Crippen LogP contribution >= 0.6 is 0 Å². The summed E-state index contributed by atoms with van der Waals surface area (Å²) in [6.45, 7) is 6.90. The summed E-state index contributed by atoms with van der Waals surface area (Å²) in [6.07, 6.45) is 1.99. The van der Waals surface area contributed by atoms with Crippen molar-refractivity contribution in [3.05, 3.63) is 0 Å². The molecular weight excluding hydrogens is 284 g/mol. The number of likely N-dealkylation sites (tertiary alicyclic amines) is 1. The molecule has 0 bridgehead atoms. The molecule has 0 atom stereocenters. The summed E-state index contributed by atoms with van der Waals surface area (Å²) in [5, 5.41) is 2.44. The number of hydrogen-bond donors (Lipinski definition) is 1. The van der Waals surface area contributed by atoms with Gasteiger partial charge in [-0.2, -0.15) is 0 Å². The predicted molar refractivity (Wildman–Crippen MR) is 83.6 cm³/mol. The minimum Gasteiger partial charge on any atom is -0.453 e. The smallest absolute Gasteiger partial charge is 0.407 e. The van der Waals surface area contributed by atoms with Crippen molar-refractivity contribution < 1.29 is 14.3 Å². The van der Waals surface area contributed by atoms with E-state index in [4.69, 9.17) is 0 Å². The second-order valence-electron chi connectivity index (χ2n) is 6.27. The summed E-state index contributed by atoms with van der Waals surface area (Å²) >= 11 is 0. The van der Waals surface area contributed by atoms with Gasteiger partial charge >= 0.3 is 6.09 Å². The summed E-state index contributed by atoms with van der Waals surface area (Å²) < 4.78 is 4.46. The molecule has 126 valence electrons. The maximum Gasteiger partial charge on any atom is 0.407 e. The Hall–Kier alpha value is -1.34. The third kappa shape index (κ3) is 5.14. The van der Waals surface area contributed by atoms with Crippen LogP contribution in [-0.4, -0.2) is 93.2 Å². The molecule has 0 radical (unpaired) electrons. The van der Waals surface area contributed by atoms with Crippen LogP contribution in [-0.2, 0) is 9.53 Å². The minimum absolute atomic E-state index is 0.0155. The highest BCUT2D eigenvalue weighted by Gasteiger charge is 2.24. The van der Waals surface area contributed by atoms with Crippen molar-refractivity contribution in [3.63, 3.8) is 0 Å². The Kier molecular flexibility index (Phi) is 6.45. The number of carbonyl (C=O) groups excluding carboxylic acids is 2. The summed E-state index contributed by atoms with van der Waals surface area (Å²) in [6, 6.07) is 0. The van der Waals surface area contributed by atoms with Crippen LogP contribution < -0.4 is 5.32 Å². The van der Waals surface area contributed by atoms with Crippen molar-refractivity contribution >= 4 is 12.0 Å². The molecular formula is C15H28N4O3. The van der Waals surface area contributed by atoms with Gasteiger partial charge in [-0.05, 0) is 38.9 Å². The molecule has 7 heteroatoms. The van der Waals surface area contributed by atoms with Gasteiger partial charge in [-0.3, -0.25) is 9.69 Å². The maximum absolute atomic E-state index is 12.0. The molecule has 0 aliphatic carbocycles. The highest BCUT2D eigenvalue weighted by molar-refractivity contribution is 5.82. The zero-order valence-corrected chi connectivity index (χ0v) is 13.7. The standard InChI is InChI=1S/C15H28N4O3/c1-17-5-3-13(4-6-17)12-18-7-9-19(10-8-18)14(20)11-16-15(21)22-2/h13H,3-12H2,1-2H3,(H,16,21). The Balaban J connectivity index is 1.65. The molecule has 0 unspecified atom stereocenters. The molecule has 0 aromatic heterocycles. The van der Waals surface area contributed by atoms with Crippen LogP contribution in [0.4, 0.5) is 4.79 Å². The number of rotatable bonds is 4. The van der Waals surface area contributed by atoms with Crippen molar-refractivity contribution in [2.45, 2.75) is 12.8 Å². The molecule has 0 aromatic rings. The van der Waals surface area contributed by atoms with Crippen molar-refractivity contribution in [1.82, 2.24) is 20.0 Å². The normalized spacial score (nSPS) is 21.6. The van der Waals surface area contributed by atoms with E-state index in [9.17, 15) is 9.59 Å². The van der Waals surface area contributed by atoms with Gasteiger partial charge in [-0.25, -0.2) is 4.79 Å². The van der Waals surface area contributed by atoms with Gasteiger partial charge in [-0.15, -0.1) is 0 Å². The number of hydrogen-bond acceptors (Lipinski definition) is 5. The Bertz CT molecular complexity index is 375. The molecule has 1 N–H and O–H groups in total. The molecule has 2 fully saturated rings. The van der Waals surface area contributed by atoms with E-state index in [0.717, 1.165) is 38.6 Å². The average molecular weight is 312 g/mol. The van der Waals surface area contributed by atoms with Crippen LogP contribution in [0.1, 0.15) is 12.8 Å². The van der Waals surface area contributed by atoms with Gasteiger partial charge < -0.3 is 19.9 Å². The number of nitrogens with zero attached hydrogens (tertiary/aromatic N) is 3. The number of piperazine rings is 1. The number of methoxy groups -OCH3 is 1. The van der Waals surface area contributed by atoms with Crippen molar-refractivity contribution in [2.75, 3.05) is 66.5 Å². The topological polar surface area (TPSA) is 65.1 Å². The molecule has 0 aromatic carbocycles. The van der Waals surface area contributed by atoms with Crippen molar-refractivity contribution in [2.24, 2.45) is 5.92 Å². The number of nitrogens with one attached hydrogen (secondary N) is 1. The largest absolute Gasteiger partial charge is 0.453 e. The molecule has 22 heavy (non-hydrogen) atoms. The monoisotopic (exact) mass is 312 g/mol. The molecule has 0 saturated carbocycles. The lowest BCUT2D eigenvalue weighted by Gasteiger charge is -2.38. The highest BCUT2D eigenvalue weighted by Crippen LogP contribution is 2.18. The van der Waals surface area contributed by atoms with E-state index in [0.29, 0.717) is 0 Å². The lowest BCUT2D eigenvalue weighted by Crippen LogP contribution is -2.52. The molecule has 7 nitrogen and oxygen atoms in total. The molecule has 2 amide bonds. The van der Waals surface area contributed by atoms with Crippen LogP contribution in [0.2, 0.25) is 0 Å². The van der Waals surface area contributed by atoms with E-state index in [-0.39, 0.29) is 12.5 Å². The number of amides is 2. The summed E-state index contributed by atoms with van der Waals surface area (Å²) in [4.78, 5) is 29.6. The van der Waals surface area contributed by atoms with Crippen molar-refractivity contribution in [3.8, 4) is 0 Å². The summed E-state index contributed by atoms with van der Waals surface area (Å²) in [5.41, 5.74) is 0. The van der Waals surface area contributed by atoms with Crippen LogP contribution in [0.3, 0.4) is 0 Å². The number of piperidine rings is 1. The average Bonchev–Trinajstić information content (AvgIpc) is 2.55. The number of ether oxygens (including phenoxy) is 1. The van der Waals surface area contributed by atoms with Gasteiger partial charge in [0.15, 0.2) is 0 Å². The van der Waals surface area contributed by atoms with Crippen LogP contribution in [0.25, 0.3) is 0 Å². The van der Waals surface area contributed by atoms with E-state index in [1.807, 2.05) is 4.90 Å². The first-order valence-corrected chi connectivity index (χ1v) is 8.09. The van der Waals surface area contributed by atoms with Crippen molar-refractivity contribution in [1.29, 1.82) is 0 Å². The van der Waals surface area contributed by atoms with Gasteiger partial charge in [0.25, 0.3) is 0 Å². The predicted octanol–water partition coefficient (Wildman–Crippen LogP) is -0.172. The quantitative estimate of drug-likeness (QED) is 0.781. The zero-order valence-electron chi connectivity index (χ0n) is 13.7. The summed E-state index contributed by atoms with van der Waals surface area (Å²) in [7, 11) is 3.48. The van der Waals surface area contributed by atoms with Crippen LogP contribution in [0.15, 0.2) is 0 Å². The lowest BCUT2D eigenvalue weighted by molar-refractivity contribution is -0.132. The second kappa shape index (κ2) is 8.33. The zero-order chi connectivity index (χ0) is 15.9. The van der Waals surface area contributed by atoms with E-state index >= 15 is 0 Å². The first-order chi connectivity index (χ1) is 10.6. The Morgan fingerprint density at radius 2 is 1.73 bits per heavy atom. The maximum atomic E-state index is 12.0. The van der Waals surface area contributed by atoms with Crippen LogP contribution in [0, 0.1) is 5.92 Å². The third-order valence-electron chi connectivity index (χ3n) is 4.65. The number of alkyl carbamates (subject to hydrolysis) is 1. The Morgan fingerprint density at radius 1 is 1.09 bits per heavy atom. The fraction of sp³-hybridized carbons (Fsp3) is 0.867. The minimum atomic E-state index is -0.561. The fourth-order valence-electron chi connectivity index (χ4n) is 3.12. The molecule has 2 heterocycles. The van der Waals surface area contributed by atoms with E-state index in [2.05, 4.69) is 26.9 Å². The fourth-order valence-corrected chi connectivity index (χ4v) is 3.12. The first kappa shape index (κ1) is 17.0. The third-order valence-corrected chi connectivity index (χ3v) is 4.65. The van der Waals surface area contributed by atoms with Gasteiger partial charge in [0.1, 0.15) is 6.54 Å². The Labute approximate surface area is 132 Å². The lowest BCUT2D eigenvalue weighted by atomic mass is 9.96. The molecule has 2 aliphatic heterocycles. The summed E-state index contributed by atoms with van der Waals surface area (Å²) in [5.74, 6) is 0.754. The van der Waals surface area contributed by atoms with Gasteiger partial charge in [-0.1, -0.05) is 0 Å². The van der Waals surface area contributed by atoms with E-state index < -0.39 is 6.09 Å². The molecule has 0 spiro atoms. The van der Waals surface area contributed by atoms with E-state index in [1.54, 1.807) is 0 Å². The SMILES string of the molecule is COC(=O)NCC(=O)N1CCN(CC2CCN(C)CC2)CC1. The van der Waals surface area contributed by atoms with Gasteiger partial charge in [0.05, 0.1) is 7.11 Å².